The van der Waals surface area contributed by atoms with Crippen LogP contribution >= 0.6 is 0 Å². The van der Waals surface area contributed by atoms with E-state index < -0.39 is 29.5 Å². The first-order valence-electron chi connectivity index (χ1n) is 9.57. The van der Waals surface area contributed by atoms with Gasteiger partial charge in [-0.25, -0.2) is 9.18 Å². The van der Waals surface area contributed by atoms with Gasteiger partial charge < -0.3 is 24.4 Å². The average molecular weight is 441 g/mol. The Balaban J connectivity index is 1.75. The van der Waals surface area contributed by atoms with Crippen molar-refractivity contribution < 1.29 is 36.6 Å². The zero-order chi connectivity index (χ0) is 22.1. The van der Waals surface area contributed by atoms with Crippen LogP contribution in [-0.2, 0) is 10.3 Å². The number of alkyl halides is 3. The molecule has 0 spiro atoms. The van der Waals surface area contributed by atoms with Crippen molar-refractivity contribution in [1.82, 2.24) is 15.2 Å². The average Bonchev–Trinajstić information content (AvgIpc) is 2.75. The van der Waals surface area contributed by atoms with Crippen LogP contribution in [0.5, 0.6) is 11.5 Å². The van der Waals surface area contributed by atoms with E-state index in [9.17, 15) is 22.4 Å². The van der Waals surface area contributed by atoms with Gasteiger partial charge in [0.1, 0.15) is 17.0 Å². The minimum atomic E-state index is -5.03. The summed E-state index contributed by atoms with van der Waals surface area (Å²) < 4.78 is 66.8. The normalized spacial score (nSPS) is 21.1. The second-order valence-electron chi connectivity index (χ2n) is 7.08. The number of pyridine rings is 1. The highest BCUT2D eigenvalue weighted by Crippen LogP contribution is 2.42. The lowest BCUT2D eigenvalue weighted by Crippen LogP contribution is -2.56. The maximum absolute atomic E-state index is 14.6. The number of hydrogen-bond donors (Lipinski definition) is 1. The van der Waals surface area contributed by atoms with Crippen LogP contribution < -0.4 is 14.8 Å². The molecule has 7 nitrogen and oxygen atoms in total. The number of aromatic nitrogens is 1. The van der Waals surface area contributed by atoms with E-state index in [1.54, 1.807) is 17.0 Å². The van der Waals surface area contributed by atoms with Crippen LogP contribution in [0.15, 0.2) is 36.5 Å². The highest BCUT2D eigenvalue weighted by Gasteiger charge is 2.44. The molecule has 2 aromatic rings. The Kier molecular flexibility index (Phi) is 5.61. The summed E-state index contributed by atoms with van der Waals surface area (Å²) in [5, 5.41) is 2.93. The first kappa shape index (κ1) is 21.2. The molecule has 0 unspecified atom stereocenters. The highest BCUT2D eigenvalue weighted by atomic mass is 19.4. The van der Waals surface area contributed by atoms with Crippen molar-refractivity contribution in [3.05, 3.63) is 53.6 Å². The summed E-state index contributed by atoms with van der Waals surface area (Å²) in [7, 11) is 0. The number of amides is 2. The summed E-state index contributed by atoms with van der Waals surface area (Å²) in [5.74, 6) is -1.77. The number of hydrogen-bond acceptors (Lipinski definition) is 5. The molecular formula is C20H19F4N3O4. The molecule has 0 aliphatic carbocycles. The molecule has 0 bridgehead atoms. The molecule has 1 aromatic carbocycles. The van der Waals surface area contributed by atoms with Gasteiger partial charge in [0.15, 0.2) is 11.6 Å². The third-order valence-electron chi connectivity index (χ3n) is 5.18. The van der Waals surface area contributed by atoms with Crippen LogP contribution in [-0.4, -0.2) is 55.2 Å². The third-order valence-corrected chi connectivity index (χ3v) is 5.18. The van der Waals surface area contributed by atoms with Crippen LogP contribution in [0.1, 0.15) is 17.7 Å². The summed E-state index contributed by atoms with van der Waals surface area (Å²) >= 11 is 0. The highest BCUT2D eigenvalue weighted by molar-refractivity contribution is 5.76. The standard InChI is InChI=1S/C20H19F4N3O4/c21-14-12-13(3-4-15(14)31-20(22,23)24)19(26-18(28)27-7-10-29-11-8-27)5-9-30-16-2-1-6-25-17(16)19/h1-4,6,12H,5,7-11H2,(H,26,28)/t19-/m0/s1. The quantitative estimate of drug-likeness (QED) is 0.741. The Morgan fingerprint density at radius 3 is 2.68 bits per heavy atom. The number of ether oxygens (including phenoxy) is 3. The summed E-state index contributed by atoms with van der Waals surface area (Å²) in [6, 6.07) is 5.99. The number of halogens is 4. The minimum Gasteiger partial charge on any atom is -0.491 e. The number of fused-ring (bicyclic) bond motifs is 1. The molecule has 2 aliphatic heterocycles. The number of benzene rings is 1. The number of carbonyl (C=O) groups excluding carboxylic acids is 1. The molecule has 1 fully saturated rings. The molecule has 3 heterocycles. The second kappa shape index (κ2) is 8.22. The van der Waals surface area contributed by atoms with Gasteiger partial charge in [-0.1, -0.05) is 6.07 Å². The van der Waals surface area contributed by atoms with E-state index in [1.165, 1.54) is 12.3 Å². The lowest BCUT2D eigenvalue weighted by Gasteiger charge is -2.40. The van der Waals surface area contributed by atoms with Crippen LogP contribution in [0.25, 0.3) is 0 Å². The fourth-order valence-corrected chi connectivity index (χ4v) is 3.74. The lowest BCUT2D eigenvalue weighted by molar-refractivity contribution is -0.275. The number of morpholine rings is 1. The van der Waals surface area contributed by atoms with Gasteiger partial charge in [0, 0.05) is 25.7 Å². The minimum absolute atomic E-state index is 0.185. The summed E-state index contributed by atoms with van der Waals surface area (Å²) in [4.78, 5) is 18.9. The topological polar surface area (TPSA) is 72.9 Å². The monoisotopic (exact) mass is 441 g/mol. The number of nitrogens with zero attached hydrogens (tertiary/aromatic N) is 2. The number of rotatable bonds is 3. The zero-order valence-corrected chi connectivity index (χ0v) is 16.2. The van der Waals surface area contributed by atoms with Crippen LogP contribution in [0.2, 0.25) is 0 Å². The molecule has 0 saturated carbocycles. The molecule has 1 saturated heterocycles. The Labute approximate surface area is 174 Å². The van der Waals surface area contributed by atoms with Gasteiger partial charge in [0.2, 0.25) is 0 Å². The number of nitrogens with one attached hydrogen (secondary N) is 1. The van der Waals surface area contributed by atoms with Crippen LogP contribution in [0, 0.1) is 5.82 Å². The van der Waals surface area contributed by atoms with Crippen molar-refractivity contribution in [2.75, 3.05) is 32.9 Å². The van der Waals surface area contributed by atoms with Gasteiger partial charge in [0.05, 0.1) is 19.8 Å². The maximum Gasteiger partial charge on any atom is 0.573 e. The number of carbonyl (C=O) groups is 1. The maximum atomic E-state index is 14.6. The SMILES string of the molecule is O=C(N[C@]1(c2ccc(OC(F)(F)F)c(F)c2)CCOc2cccnc21)N1CCOCC1. The van der Waals surface area contributed by atoms with Gasteiger partial charge in [-0.2, -0.15) is 0 Å². The van der Waals surface area contributed by atoms with E-state index in [0.29, 0.717) is 37.7 Å². The molecule has 2 aliphatic rings. The Morgan fingerprint density at radius 2 is 1.97 bits per heavy atom. The van der Waals surface area contributed by atoms with Crippen molar-refractivity contribution in [2.45, 2.75) is 18.3 Å². The summed E-state index contributed by atoms with van der Waals surface area (Å²) in [5.41, 5.74) is -0.738. The summed E-state index contributed by atoms with van der Waals surface area (Å²) in [6.07, 6.45) is -3.33. The van der Waals surface area contributed by atoms with E-state index in [4.69, 9.17) is 9.47 Å². The van der Waals surface area contributed by atoms with E-state index in [0.717, 1.165) is 12.1 Å². The predicted molar refractivity (Wildman–Crippen MR) is 99.1 cm³/mol. The smallest absolute Gasteiger partial charge is 0.491 e. The van der Waals surface area contributed by atoms with E-state index in [1.807, 2.05) is 0 Å². The van der Waals surface area contributed by atoms with Gasteiger partial charge in [-0.3, -0.25) is 4.98 Å². The molecule has 1 N–H and O–H groups in total. The first-order chi connectivity index (χ1) is 14.8. The molecule has 4 rings (SSSR count). The van der Waals surface area contributed by atoms with Crippen molar-refractivity contribution in [1.29, 1.82) is 0 Å². The Bertz CT molecular complexity index is 966. The van der Waals surface area contributed by atoms with Crippen molar-refractivity contribution in [3.63, 3.8) is 0 Å². The first-order valence-corrected chi connectivity index (χ1v) is 9.57. The van der Waals surface area contributed by atoms with Gasteiger partial charge >= 0.3 is 12.4 Å². The van der Waals surface area contributed by atoms with Gasteiger partial charge in [-0.05, 0) is 29.8 Å². The fourth-order valence-electron chi connectivity index (χ4n) is 3.74. The zero-order valence-electron chi connectivity index (χ0n) is 16.2. The molecule has 0 radical (unpaired) electrons. The van der Waals surface area contributed by atoms with Crippen LogP contribution in [0.3, 0.4) is 0 Å². The molecule has 1 aromatic heterocycles. The van der Waals surface area contributed by atoms with E-state index in [2.05, 4.69) is 15.0 Å². The number of urea groups is 1. The largest absolute Gasteiger partial charge is 0.573 e. The van der Waals surface area contributed by atoms with Crippen molar-refractivity contribution in [3.8, 4) is 11.5 Å². The van der Waals surface area contributed by atoms with Gasteiger partial charge in [0.25, 0.3) is 0 Å². The lowest BCUT2D eigenvalue weighted by atomic mass is 9.81. The molecule has 1 atom stereocenters. The van der Waals surface area contributed by atoms with E-state index >= 15 is 0 Å². The van der Waals surface area contributed by atoms with E-state index in [-0.39, 0.29) is 18.6 Å². The van der Waals surface area contributed by atoms with Gasteiger partial charge in [-0.15, -0.1) is 13.2 Å². The van der Waals surface area contributed by atoms with Crippen molar-refractivity contribution >= 4 is 6.03 Å². The molecule has 11 heteroatoms. The predicted octanol–water partition coefficient (Wildman–Crippen LogP) is 3.19. The molecular weight excluding hydrogens is 422 g/mol. The molecule has 2 amide bonds. The van der Waals surface area contributed by atoms with Crippen LogP contribution in [0.4, 0.5) is 22.4 Å². The molecule has 31 heavy (non-hydrogen) atoms. The fraction of sp³-hybridized carbons (Fsp3) is 0.400. The third kappa shape index (κ3) is 4.36. The molecule has 166 valence electrons. The van der Waals surface area contributed by atoms with Crippen molar-refractivity contribution in [2.24, 2.45) is 0 Å². The Morgan fingerprint density at radius 1 is 1.19 bits per heavy atom. The second-order valence-corrected chi connectivity index (χ2v) is 7.08. The Hall–Kier alpha value is -3.08. The summed E-state index contributed by atoms with van der Waals surface area (Å²) in [6.45, 7) is 1.71.